The Morgan fingerprint density at radius 2 is 1.68 bits per heavy atom. The quantitative estimate of drug-likeness (QED) is 0.754. The number of ether oxygens (including phenoxy) is 2. The van der Waals surface area contributed by atoms with Crippen LogP contribution >= 0.6 is 0 Å². The number of fused-ring (bicyclic) bond motifs is 2. The van der Waals surface area contributed by atoms with Gasteiger partial charge in [0.25, 0.3) is 0 Å². The van der Waals surface area contributed by atoms with Crippen LogP contribution in [0.5, 0.6) is 0 Å². The zero-order chi connectivity index (χ0) is 18.2. The number of nitrogens with zero attached hydrogens (tertiary/aromatic N) is 4. The van der Waals surface area contributed by atoms with E-state index in [9.17, 15) is 9.59 Å². The third-order valence-corrected chi connectivity index (χ3v) is 4.43. The maximum Gasteiger partial charge on any atom is 0.410 e. The van der Waals surface area contributed by atoms with Gasteiger partial charge in [-0.15, -0.1) is 0 Å². The molecule has 136 valence electrons. The van der Waals surface area contributed by atoms with E-state index in [1.165, 1.54) is 19.5 Å². The number of carbonyl (C=O) groups is 2. The molecule has 8 heteroatoms. The molecule has 0 aromatic carbocycles. The number of carbonyl (C=O) groups excluding carboxylic acids is 2. The van der Waals surface area contributed by atoms with Crippen LogP contribution in [-0.4, -0.2) is 64.8 Å². The van der Waals surface area contributed by atoms with Crippen molar-refractivity contribution < 1.29 is 19.1 Å². The summed E-state index contributed by atoms with van der Waals surface area (Å²) < 4.78 is 10.2. The van der Waals surface area contributed by atoms with Crippen molar-refractivity contribution in [3.63, 3.8) is 0 Å². The topological polar surface area (TPSA) is 84.9 Å². The Kier molecular flexibility index (Phi) is 4.53. The van der Waals surface area contributed by atoms with Gasteiger partial charge in [0.1, 0.15) is 5.60 Å². The molecule has 2 aliphatic rings. The van der Waals surface area contributed by atoms with Crippen LogP contribution in [0.1, 0.15) is 44.0 Å². The molecule has 2 aliphatic heterocycles. The predicted molar refractivity (Wildman–Crippen MR) is 90.5 cm³/mol. The van der Waals surface area contributed by atoms with Gasteiger partial charge in [-0.25, -0.2) is 19.6 Å². The van der Waals surface area contributed by atoms with Gasteiger partial charge in [0, 0.05) is 25.5 Å². The smallest absolute Gasteiger partial charge is 0.410 e. The van der Waals surface area contributed by atoms with Crippen LogP contribution in [-0.2, 0) is 9.47 Å². The van der Waals surface area contributed by atoms with E-state index in [-0.39, 0.29) is 18.2 Å². The van der Waals surface area contributed by atoms with Crippen LogP contribution in [0.2, 0.25) is 0 Å². The Bertz CT molecular complexity index is 642. The normalized spacial score (nSPS) is 22.7. The minimum absolute atomic E-state index is 0.0949. The summed E-state index contributed by atoms with van der Waals surface area (Å²) in [5.74, 6) is 0.106. The summed E-state index contributed by atoms with van der Waals surface area (Å²) in [7, 11) is 1.32. The molecule has 1 amide bonds. The number of esters is 1. The molecule has 25 heavy (non-hydrogen) atoms. The van der Waals surface area contributed by atoms with Crippen LogP contribution in [0.25, 0.3) is 0 Å². The third-order valence-electron chi connectivity index (χ3n) is 4.43. The van der Waals surface area contributed by atoms with E-state index < -0.39 is 11.6 Å². The van der Waals surface area contributed by atoms with Crippen molar-refractivity contribution >= 4 is 18.0 Å². The van der Waals surface area contributed by atoms with Crippen LogP contribution < -0.4 is 4.90 Å². The number of hydrogen-bond acceptors (Lipinski definition) is 7. The number of anilines is 1. The molecule has 0 saturated carbocycles. The number of hydrogen-bond donors (Lipinski definition) is 0. The Morgan fingerprint density at radius 1 is 1.12 bits per heavy atom. The van der Waals surface area contributed by atoms with Gasteiger partial charge in [-0.3, -0.25) is 4.90 Å². The van der Waals surface area contributed by atoms with E-state index in [2.05, 4.69) is 19.6 Å². The number of piperazine rings is 1. The molecule has 2 bridgehead atoms. The summed E-state index contributed by atoms with van der Waals surface area (Å²) in [6, 6.07) is 0.190. The van der Waals surface area contributed by atoms with Gasteiger partial charge >= 0.3 is 12.1 Å². The lowest BCUT2D eigenvalue weighted by atomic mass is 10.2. The first-order chi connectivity index (χ1) is 11.8. The van der Waals surface area contributed by atoms with Crippen molar-refractivity contribution in [3.05, 3.63) is 18.0 Å². The summed E-state index contributed by atoms with van der Waals surface area (Å²) in [6.07, 6.45) is 4.58. The Morgan fingerprint density at radius 3 is 2.16 bits per heavy atom. The molecule has 2 atom stereocenters. The molecule has 8 nitrogen and oxygen atoms in total. The second kappa shape index (κ2) is 6.50. The van der Waals surface area contributed by atoms with Crippen molar-refractivity contribution in [2.45, 2.75) is 51.3 Å². The average Bonchev–Trinajstić information content (AvgIpc) is 2.83. The van der Waals surface area contributed by atoms with Gasteiger partial charge in [0.2, 0.25) is 5.95 Å². The molecule has 2 saturated heterocycles. The standard InChI is InChI=1S/C17H24N4O4/c1-17(2,3)25-16(23)21-12-5-6-13(21)10-20(9-12)15-18-7-11(8-19-15)14(22)24-4/h7-8,12-13H,5-6,9-10H2,1-4H3. The lowest BCUT2D eigenvalue weighted by molar-refractivity contribution is 0.0122. The largest absolute Gasteiger partial charge is 0.465 e. The lowest BCUT2D eigenvalue weighted by Crippen LogP contribution is -2.57. The first-order valence-corrected chi connectivity index (χ1v) is 8.45. The molecule has 2 unspecified atom stereocenters. The second-order valence-electron chi connectivity index (χ2n) is 7.44. The molecule has 1 aromatic rings. The van der Waals surface area contributed by atoms with E-state index in [1.54, 1.807) is 0 Å². The molecule has 1 aromatic heterocycles. The molecule has 0 spiro atoms. The van der Waals surface area contributed by atoms with Gasteiger partial charge in [0.05, 0.1) is 24.8 Å². The lowest BCUT2D eigenvalue weighted by Gasteiger charge is -2.41. The molecule has 2 fully saturated rings. The zero-order valence-electron chi connectivity index (χ0n) is 15.1. The number of aromatic nitrogens is 2. The second-order valence-corrected chi connectivity index (χ2v) is 7.44. The molecule has 3 rings (SSSR count). The van der Waals surface area contributed by atoms with Crippen LogP contribution in [0, 0.1) is 0 Å². The molecular weight excluding hydrogens is 324 g/mol. The molecule has 0 radical (unpaired) electrons. The highest BCUT2D eigenvalue weighted by Crippen LogP contribution is 2.32. The van der Waals surface area contributed by atoms with E-state index in [0.717, 1.165) is 12.8 Å². The monoisotopic (exact) mass is 348 g/mol. The zero-order valence-corrected chi connectivity index (χ0v) is 15.1. The Labute approximate surface area is 147 Å². The van der Waals surface area contributed by atoms with E-state index in [0.29, 0.717) is 24.6 Å². The Hall–Kier alpha value is -2.38. The summed E-state index contributed by atoms with van der Waals surface area (Å²) in [4.78, 5) is 36.4. The fraction of sp³-hybridized carbons (Fsp3) is 0.647. The SMILES string of the molecule is COC(=O)c1cnc(N2CC3CCC(C2)N3C(=O)OC(C)(C)C)nc1. The minimum Gasteiger partial charge on any atom is -0.465 e. The van der Waals surface area contributed by atoms with Crippen LogP contribution in [0.15, 0.2) is 12.4 Å². The maximum atomic E-state index is 12.5. The van der Waals surface area contributed by atoms with Crippen LogP contribution in [0.4, 0.5) is 10.7 Å². The molecule has 0 N–H and O–H groups in total. The fourth-order valence-electron chi connectivity index (χ4n) is 3.39. The van der Waals surface area contributed by atoms with Crippen molar-refractivity contribution in [2.75, 3.05) is 25.1 Å². The minimum atomic E-state index is -0.500. The van der Waals surface area contributed by atoms with Gasteiger partial charge in [-0.05, 0) is 33.6 Å². The highest BCUT2D eigenvalue weighted by molar-refractivity contribution is 5.88. The van der Waals surface area contributed by atoms with Gasteiger partial charge in [-0.1, -0.05) is 0 Å². The van der Waals surface area contributed by atoms with Crippen molar-refractivity contribution in [1.29, 1.82) is 0 Å². The first kappa shape index (κ1) is 17.4. The van der Waals surface area contributed by atoms with Crippen molar-refractivity contribution in [1.82, 2.24) is 14.9 Å². The molecule has 3 heterocycles. The Balaban J connectivity index is 1.69. The van der Waals surface area contributed by atoms with E-state index in [4.69, 9.17) is 4.74 Å². The number of amides is 1. The van der Waals surface area contributed by atoms with E-state index >= 15 is 0 Å². The van der Waals surface area contributed by atoms with Gasteiger partial charge in [0.15, 0.2) is 0 Å². The predicted octanol–water partition coefficient (Wildman–Crippen LogP) is 1.85. The van der Waals surface area contributed by atoms with Crippen molar-refractivity contribution in [2.24, 2.45) is 0 Å². The average molecular weight is 348 g/mol. The summed E-state index contributed by atoms with van der Waals surface area (Å²) >= 11 is 0. The third kappa shape index (κ3) is 3.67. The van der Waals surface area contributed by atoms with Crippen LogP contribution in [0.3, 0.4) is 0 Å². The highest BCUT2D eigenvalue weighted by Gasteiger charge is 2.44. The summed E-state index contributed by atoms with van der Waals surface area (Å²) in [5.41, 5.74) is -0.179. The summed E-state index contributed by atoms with van der Waals surface area (Å²) in [6.45, 7) is 6.94. The molecule has 0 aliphatic carbocycles. The summed E-state index contributed by atoms with van der Waals surface area (Å²) in [5, 5.41) is 0. The molecular formula is C17H24N4O4. The maximum absolute atomic E-state index is 12.5. The first-order valence-electron chi connectivity index (χ1n) is 8.45. The van der Waals surface area contributed by atoms with Gasteiger partial charge < -0.3 is 14.4 Å². The fourth-order valence-corrected chi connectivity index (χ4v) is 3.39. The highest BCUT2D eigenvalue weighted by atomic mass is 16.6. The van der Waals surface area contributed by atoms with Crippen molar-refractivity contribution in [3.8, 4) is 0 Å². The van der Waals surface area contributed by atoms with Gasteiger partial charge in [-0.2, -0.15) is 0 Å². The number of rotatable bonds is 2. The number of methoxy groups -OCH3 is 1. The van der Waals surface area contributed by atoms with E-state index in [1.807, 2.05) is 25.7 Å².